The first-order valence-electron chi connectivity index (χ1n) is 7.45. The zero-order chi connectivity index (χ0) is 16.9. The Bertz CT molecular complexity index is 875. The lowest BCUT2D eigenvalue weighted by Gasteiger charge is -2.03. The molecule has 0 atom stereocenters. The van der Waals surface area contributed by atoms with Crippen molar-refractivity contribution in [1.29, 1.82) is 0 Å². The summed E-state index contributed by atoms with van der Waals surface area (Å²) in [6.07, 6.45) is 3.03. The van der Waals surface area contributed by atoms with Crippen LogP contribution >= 0.6 is 0 Å². The molecule has 5 heteroatoms. The Morgan fingerprint density at radius 2 is 1.79 bits per heavy atom. The van der Waals surface area contributed by atoms with E-state index >= 15 is 0 Å². The summed E-state index contributed by atoms with van der Waals surface area (Å²) in [5.41, 5.74) is 1.93. The van der Waals surface area contributed by atoms with E-state index in [1.807, 2.05) is 30.3 Å². The Balaban J connectivity index is 1.65. The Morgan fingerprint density at radius 1 is 1.04 bits per heavy atom. The number of amides is 2. The maximum Gasteiger partial charge on any atom is 0.251 e. The summed E-state index contributed by atoms with van der Waals surface area (Å²) in [7, 11) is 1.57. The molecule has 24 heavy (non-hydrogen) atoms. The van der Waals surface area contributed by atoms with Crippen LogP contribution in [0.5, 0.6) is 0 Å². The van der Waals surface area contributed by atoms with Gasteiger partial charge in [0.15, 0.2) is 0 Å². The van der Waals surface area contributed by atoms with Crippen molar-refractivity contribution in [3.05, 3.63) is 72.0 Å². The summed E-state index contributed by atoms with van der Waals surface area (Å²) in [5.74, 6) is 0.169. The van der Waals surface area contributed by atoms with E-state index in [0.29, 0.717) is 17.0 Å². The van der Waals surface area contributed by atoms with Crippen molar-refractivity contribution in [3.63, 3.8) is 0 Å². The number of furan rings is 1. The van der Waals surface area contributed by atoms with Gasteiger partial charge in [-0.2, -0.15) is 0 Å². The predicted molar refractivity (Wildman–Crippen MR) is 93.7 cm³/mol. The minimum Gasteiger partial charge on any atom is -0.457 e. The van der Waals surface area contributed by atoms with Gasteiger partial charge in [0.1, 0.15) is 11.3 Å². The summed E-state index contributed by atoms with van der Waals surface area (Å²) in [5, 5.41) is 6.26. The van der Waals surface area contributed by atoms with E-state index in [0.717, 1.165) is 11.0 Å². The third kappa shape index (κ3) is 3.52. The number of carbonyl (C=O) groups excluding carboxylic acids is 2. The quantitative estimate of drug-likeness (QED) is 0.723. The molecule has 0 saturated carbocycles. The minimum atomic E-state index is -0.275. The number of rotatable bonds is 4. The fourth-order valence-electron chi connectivity index (χ4n) is 2.28. The molecule has 2 N–H and O–H groups in total. The van der Waals surface area contributed by atoms with Crippen LogP contribution in [0.2, 0.25) is 0 Å². The van der Waals surface area contributed by atoms with Crippen LogP contribution in [0.15, 0.2) is 65.1 Å². The SMILES string of the molecule is CNC(=O)c1ccc(NC(=O)/C=C/c2cc3ccccc3o2)cc1. The zero-order valence-corrected chi connectivity index (χ0v) is 13.1. The number of nitrogens with one attached hydrogen (secondary N) is 2. The molecule has 0 aliphatic rings. The molecule has 2 aromatic carbocycles. The highest BCUT2D eigenvalue weighted by Gasteiger charge is 2.04. The van der Waals surface area contributed by atoms with E-state index in [1.165, 1.54) is 6.08 Å². The van der Waals surface area contributed by atoms with Gasteiger partial charge >= 0.3 is 0 Å². The molecule has 5 nitrogen and oxygen atoms in total. The molecule has 0 aliphatic carbocycles. The highest BCUT2D eigenvalue weighted by molar-refractivity contribution is 6.02. The molecule has 120 valence electrons. The van der Waals surface area contributed by atoms with Gasteiger partial charge in [0.25, 0.3) is 5.91 Å². The van der Waals surface area contributed by atoms with Crippen molar-refractivity contribution in [1.82, 2.24) is 5.32 Å². The molecule has 2 amide bonds. The molecule has 0 radical (unpaired) electrons. The van der Waals surface area contributed by atoms with Crippen molar-refractivity contribution in [3.8, 4) is 0 Å². The molecule has 0 spiro atoms. The largest absolute Gasteiger partial charge is 0.457 e. The number of hydrogen-bond acceptors (Lipinski definition) is 3. The van der Waals surface area contributed by atoms with Crippen LogP contribution in [0.1, 0.15) is 16.1 Å². The normalized spacial score (nSPS) is 10.9. The molecular weight excluding hydrogens is 304 g/mol. The lowest BCUT2D eigenvalue weighted by molar-refractivity contribution is -0.111. The molecule has 0 aliphatic heterocycles. The monoisotopic (exact) mass is 320 g/mol. The number of para-hydroxylation sites is 1. The number of anilines is 1. The molecular formula is C19H16N2O3. The lowest BCUT2D eigenvalue weighted by Crippen LogP contribution is -2.17. The van der Waals surface area contributed by atoms with Gasteiger partial charge in [-0.15, -0.1) is 0 Å². The third-order valence-corrected chi connectivity index (χ3v) is 3.49. The summed E-state index contributed by atoms with van der Waals surface area (Å²) < 4.78 is 5.61. The van der Waals surface area contributed by atoms with E-state index < -0.39 is 0 Å². The van der Waals surface area contributed by atoms with Gasteiger partial charge in [-0.05, 0) is 42.5 Å². The van der Waals surface area contributed by atoms with Crippen molar-refractivity contribution in [2.45, 2.75) is 0 Å². The van der Waals surface area contributed by atoms with Crippen LogP contribution in [-0.4, -0.2) is 18.9 Å². The second-order valence-corrected chi connectivity index (χ2v) is 5.17. The number of carbonyl (C=O) groups is 2. The van der Waals surface area contributed by atoms with E-state index in [9.17, 15) is 9.59 Å². The van der Waals surface area contributed by atoms with E-state index in [1.54, 1.807) is 37.4 Å². The highest BCUT2D eigenvalue weighted by Crippen LogP contribution is 2.19. The predicted octanol–water partition coefficient (Wildman–Crippen LogP) is 3.44. The first-order chi connectivity index (χ1) is 11.7. The average Bonchev–Trinajstić information content (AvgIpc) is 3.03. The molecule has 0 bridgehead atoms. The average molecular weight is 320 g/mol. The first-order valence-corrected chi connectivity index (χ1v) is 7.45. The van der Waals surface area contributed by atoms with E-state index in [4.69, 9.17) is 4.42 Å². The summed E-state index contributed by atoms with van der Waals surface area (Å²) in [6, 6.07) is 16.2. The van der Waals surface area contributed by atoms with Crippen LogP contribution in [0, 0.1) is 0 Å². The second kappa shape index (κ2) is 6.83. The highest BCUT2D eigenvalue weighted by atomic mass is 16.3. The van der Waals surface area contributed by atoms with Gasteiger partial charge in [-0.3, -0.25) is 9.59 Å². The topological polar surface area (TPSA) is 71.3 Å². The third-order valence-electron chi connectivity index (χ3n) is 3.49. The van der Waals surface area contributed by atoms with Crippen LogP contribution in [0.4, 0.5) is 5.69 Å². The van der Waals surface area contributed by atoms with Gasteiger partial charge in [-0.1, -0.05) is 18.2 Å². The van der Waals surface area contributed by atoms with E-state index in [2.05, 4.69) is 10.6 Å². The number of fused-ring (bicyclic) bond motifs is 1. The van der Waals surface area contributed by atoms with Gasteiger partial charge in [0.2, 0.25) is 5.91 Å². The Hall–Kier alpha value is -3.34. The summed E-state index contributed by atoms with van der Waals surface area (Å²) in [4.78, 5) is 23.4. The van der Waals surface area contributed by atoms with E-state index in [-0.39, 0.29) is 11.8 Å². The Labute approximate surface area is 139 Å². The maximum absolute atomic E-state index is 12.0. The Kier molecular flexibility index (Phi) is 4.43. The van der Waals surface area contributed by atoms with Gasteiger partial charge in [0, 0.05) is 29.8 Å². The Morgan fingerprint density at radius 3 is 2.50 bits per heavy atom. The number of benzene rings is 2. The van der Waals surface area contributed by atoms with Crippen molar-refractivity contribution >= 4 is 34.5 Å². The van der Waals surface area contributed by atoms with Crippen LogP contribution < -0.4 is 10.6 Å². The van der Waals surface area contributed by atoms with Gasteiger partial charge in [-0.25, -0.2) is 0 Å². The van der Waals surface area contributed by atoms with Gasteiger partial charge in [0.05, 0.1) is 0 Å². The van der Waals surface area contributed by atoms with Crippen LogP contribution in [-0.2, 0) is 4.79 Å². The van der Waals surface area contributed by atoms with Crippen molar-refractivity contribution in [2.75, 3.05) is 12.4 Å². The second-order valence-electron chi connectivity index (χ2n) is 5.17. The fourth-order valence-corrected chi connectivity index (χ4v) is 2.28. The van der Waals surface area contributed by atoms with Crippen LogP contribution in [0.3, 0.4) is 0 Å². The lowest BCUT2D eigenvalue weighted by atomic mass is 10.2. The maximum atomic E-state index is 12.0. The molecule has 0 fully saturated rings. The smallest absolute Gasteiger partial charge is 0.251 e. The molecule has 1 aromatic heterocycles. The molecule has 3 rings (SSSR count). The number of hydrogen-bond donors (Lipinski definition) is 2. The minimum absolute atomic E-state index is 0.169. The fraction of sp³-hybridized carbons (Fsp3) is 0.0526. The standard InChI is InChI=1S/C19H16N2O3/c1-20-19(23)13-6-8-15(9-7-13)21-18(22)11-10-16-12-14-4-2-3-5-17(14)24-16/h2-12H,1H3,(H,20,23)(H,21,22)/b11-10+. The summed E-state index contributed by atoms with van der Waals surface area (Å²) >= 11 is 0. The van der Waals surface area contributed by atoms with Crippen LogP contribution in [0.25, 0.3) is 17.0 Å². The molecule has 0 unspecified atom stereocenters. The zero-order valence-electron chi connectivity index (χ0n) is 13.1. The molecule has 1 heterocycles. The molecule has 0 saturated heterocycles. The van der Waals surface area contributed by atoms with Crippen molar-refractivity contribution < 1.29 is 14.0 Å². The summed E-state index contributed by atoms with van der Waals surface area (Å²) in [6.45, 7) is 0. The molecule has 3 aromatic rings. The first kappa shape index (κ1) is 15.6. The van der Waals surface area contributed by atoms with Crippen molar-refractivity contribution in [2.24, 2.45) is 0 Å². The van der Waals surface area contributed by atoms with Gasteiger partial charge < -0.3 is 15.1 Å².